The first kappa shape index (κ1) is 17.7. The second kappa shape index (κ2) is 7.73. The van der Waals surface area contributed by atoms with Gasteiger partial charge in [0, 0.05) is 5.69 Å². The summed E-state index contributed by atoms with van der Waals surface area (Å²) < 4.78 is 18.6. The Hall–Kier alpha value is -2.69. The van der Waals surface area contributed by atoms with Crippen LogP contribution in [0.5, 0.6) is 0 Å². The van der Waals surface area contributed by atoms with Crippen LogP contribution in [0.2, 0.25) is 0 Å². The van der Waals surface area contributed by atoms with E-state index in [-0.39, 0.29) is 12.0 Å². The van der Waals surface area contributed by atoms with Gasteiger partial charge in [-0.3, -0.25) is 9.59 Å². The van der Waals surface area contributed by atoms with Crippen molar-refractivity contribution in [3.05, 3.63) is 65.0 Å². The highest BCUT2D eigenvalue weighted by molar-refractivity contribution is 5.95. The molecule has 0 heterocycles. The number of nitrogens with one attached hydrogen (secondary N) is 1. The summed E-state index contributed by atoms with van der Waals surface area (Å²) in [5.74, 6) is -1.55. The van der Waals surface area contributed by atoms with Gasteiger partial charge in [-0.05, 0) is 49.6 Å². The third-order valence-electron chi connectivity index (χ3n) is 3.62. The van der Waals surface area contributed by atoms with Gasteiger partial charge < -0.3 is 10.1 Å². The van der Waals surface area contributed by atoms with Crippen molar-refractivity contribution in [2.75, 3.05) is 5.32 Å². The Morgan fingerprint density at radius 3 is 2.58 bits per heavy atom. The first-order valence-corrected chi connectivity index (χ1v) is 7.68. The van der Waals surface area contributed by atoms with Gasteiger partial charge in [-0.25, -0.2) is 4.39 Å². The fourth-order valence-electron chi connectivity index (χ4n) is 2.19. The third-order valence-corrected chi connectivity index (χ3v) is 3.62. The van der Waals surface area contributed by atoms with Gasteiger partial charge in [0.25, 0.3) is 5.91 Å². The summed E-state index contributed by atoms with van der Waals surface area (Å²) in [6, 6.07) is 11.7. The van der Waals surface area contributed by atoms with Crippen LogP contribution >= 0.6 is 0 Å². The number of benzene rings is 2. The van der Waals surface area contributed by atoms with Crippen LogP contribution in [0.4, 0.5) is 10.1 Å². The quantitative estimate of drug-likeness (QED) is 0.854. The minimum absolute atomic E-state index is 0.215. The topological polar surface area (TPSA) is 55.4 Å². The van der Waals surface area contributed by atoms with E-state index >= 15 is 0 Å². The molecule has 2 aromatic rings. The molecular weight excluding hydrogens is 309 g/mol. The van der Waals surface area contributed by atoms with E-state index in [1.54, 1.807) is 12.1 Å². The molecule has 5 heteroatoms. The molecule has 1 amide bonds. The van der Waals surface area contributed by atoms with Crippen LogP contribution in [0.15, 0.2) is 42.5 Å². The Morgan fingerprint density at radius 1 is 1.17 bits per heavy atom. The lowest BCUT2D eigenvalue weighted by molar-refractivity contribution is -0.152. The van der Waals surface area contributed by atoms with Crippen LogP contribution in [0, 0.1) is 19.7 Å². The maximum atomic E-state index is 13.5. The van der Waals surface area contributed by atoms with Crippen molar-refractivity contribution in [2.24, 2.45) is 0 Å². The summed E-state index contributed by atoms with van der Waals surface area (Å²) in [7, 11) is 0. The lowest BCUT2D eigenvalue weighted by atomic mass is 10.1. The molecule has 1 atom stereocenters. The molecule has 0 radical (unpaired) electrons. The molecule has 4 nitrogen and oxygen atoms in total. The second-order valence-electron chi connectivity index (χ2n) is 5.71. The number of hydrogen-bond donors (Lipinski definition) is 1. The van der Waals surface area contributed by atoms with Gasteiger partial charge in [-0.15, -0.1) is 0 Å². The number of carbonyl (C=O) groups is 2. The second-order valence-corrected chi connectivity index (χ2v) is 5.71. The molecule has 0 aliphatic rings. The van der Waals surface area contributed by atoms with E-state index in [9.17, 15) is 14.0 Å². The Labute approximate surface area is 140 Å². The van der Waals surface area contributed by atoms with Crippen molar-refractivity contribution >= 4 is 17.6 Å². The number of esters is 1. The monoisotopic (exact) mass is 329 g/mol. The summed E-state index contributed by atoms with van der Waals surface area (Å²) in [6.45, 7) is 5.29. The molecule has 0 unspecified atom stereocenters. The van der Waals surface area contributed by atoms with Gasteiger partial charge in [0.2, 0.25) is 0 Å². The number of ether oxygens (including phenoxy) is 1. The molecule has 0 saturated heterocycles. The number of amides is 1. The van der Waals surface area contributed by atoms with Gasteiger partial charge >= 0.3 is 5.97 Å². The zero-order valence-corrected chi connectivity index (χ0v) is 13.9. The lowest BCUT2D eigenvalue weighted by Crippen LogP contribution is -2.30. The van der Waals surface area contributed by atoms with E-state index in [2.05, 4.69) is 5.32 Å². The van der Waals surface area contributed by atoms with Crippen molar-refractivity contribution in [3.63, 3.8) is 0 Å². The zero-order chi connectivity index (χ0) is 17.7. The standard InChI is InChI=1S/C19H20FNO3/c1-12-8-9-13(2)17(10-12)21-19(23)14(3)24-18(22)11-15-6-4-5-7-16(15)20/h4-10,14H,11H2,1-3H3,(H,21,23)/t14-/m0/s1. The van der Waals surface area contributed by atoms with E-state index in [1.807, 2.05) is 32.0 Å². The van der Waals surface area contributed by atoms with Crippen molar-refractivity contribution in [1.82, 2.24) is 0 Å². The smallest absolute Gasteiger partial charge is 0.311 e. The Balaban J connectivity index is 1.95. The molecule has 2 rings (SSSR count). The third kappa shape index (κ3) is 4.65. The number of aryl methyl sites for hydroxylation is 2. The molecule has 2 aromatic carbocycles. The number of hydrogen-bond acceptors (Lipinski definition) is 3. The van der Waals surface area contributed by atoms with Crippen LogP contribution in [-0.2, 0) is 20.7 Å². The van der Waals surface area contributed by atoms with Gasteiger partial charge in [-0.1, -0.05) is 30.3 Å². The fraction of sp³-hybridized carbons (Fsp3) is 0.263. The SMILES string of the molecule is Cc1ccc(C)c(NC(=O)[C@H](C)OC(=O)Cc2ccccc2F)c1. The minimum Gasteiger partial charge on any atom is -0.452 e. The molecule has 126 valence electrons. The van der Waals surface area contributed by atoms with Crippen molar-refractivity contribution in [2.45, 2.75) is 33.3 Å². The molecule has 0 aromatic heterocycles. The van der Waals surface area contributed by atoms with E-state index in [1.165, 1.54) is 19.1 Å². The highest BCUT2D eigenvalue weighted by atomic mass is 19.1. The van der Waals surface area contributed by atoms with E-state index in [4.69, 9.17) is 4.74 Å². The number of carbonyl (C=O) groups excluding carboxylic acids is 2. The summed E-state index contributed by atoms with van der Waals surface area (Å²) >= 11 is 0. The lowest BCUT2D eigenvalue weighted by Gasteiger charge is -2.15. The largest absolute Gasteiger partial charge is 0.452 e. The van der Waals surface area contributed by atoms with Gasteiger partial charge in [0.1, 0.15) is 5.82 Å². The Morgan fingerprint density at radius 2 is 1.88 bits per heavy atom. The van der Waals surface area contributed by atoms with Crippen molar-refractivity contribution in [3.8, 4) is 0 Å². The molecule has 24 heavy (non-hydrogen) atoms. The van der Waals surface area contributed by atoms with Crippen LogP contribution in [0.1, 0.15) is 23.6 Å². The molecule has 0 aliphatic carbocycles. The minimum atomic E-state index is -0.968. The maximum Gasteiger partial charge on any atom is 0.311 e. The number of rotatable bonds is 5. The molecule has 1 N–H and O–H groups in total. The first-order valence-electron chi connectivity index (χ1n) is 7.68. The molecule has 0 spiro atoms. The maximum absolute atomic E-state index is 13.5. The predicted octanol–water partition coefficient (Wildman–Crippen LogP) is 3.56. The fourth-order valence-corrected chi connectivity index (χ4v) is 2.19. The normalized spacial score (nSPS) is 11.7. The van der Waals surface area contributed by atoms with Gasteiger partial charge in [0.15, 0.2) is 6.10 Å². The van der Waals surface area contributed by atoms with E-state index < -0.39 is 23.8 Å². The van der Waals surface area contributed by atoms with Crippen LogP contribution < -0.4 is 5.32 Å². The van der Waals surface area contributed by atoms with Crippen LogP contribution in [0.3, 0.4) is 0 Å². The number of halogens is 1. The van der Waals surface area contributed by atoms with Gasteiger partial charge in [-0.2, -0.15) is 0 Å². The summed E-state index contributed by atoms with van der Waals surface area (Å²) in [5, 5.41) is 2.74. The molecule has 0 saturated carbocycles. The molecule has 0 bridgehead atoms. The molecule has 0 fully saturated rings. The predicted molar refractivity (Wildman–Crippen MR) is 90.2 cm³/mol. The molecule has 0 aliphatic heterocycles. The summed E-state index contributed by atoms with van der Waals surface area (Å²) in [6.07, 6.45) is -1.18. The highest BCUT2D eigenvalue weighted by Gasteiger charge is 2.19. The molecular formula is C19H20FNO3. The van der Waals surface area contributed by atoms with Crippen molar-refractivity contribution < 1.29 is 18.7 Å². The zero-order valence-electron chi connectivity index (χ0n) is 13.9. The van der Waals surface area contributed by atoms with Gasteiger partial charge in [0.05, 0.1) is 6.42 Å². The first-order chi connectivity index (χ1) is 11.4. The average molecular weight is 329 g/mol. The Kier molecular flexibility index (Phi) is 5.68. The summed E-state index contributed by atoms with van der Waals surface area (Å²) in [4.78, 5) is 24.1. The van der Waals surface area contributed by atoms with Crippen molar-refractivity contribution in [1.29, 1.82) is 0 Å². The van der Waals surface area contributed by atoms with Crippen LogP contribution in [-0.4, -0.2) is 18.0 Å². The highest BCUT2D eigenvalue weighted by Crippen LogP contribution is 2.17. The average Bonchev–Trinajstić information content (AvgIpc) is 2.53. The summed E-state index contributed by atoms with van der Waals surface area (Å²) in [5.41, 5.74) is 2.85. The van der Waals surface area contributed by atoms with E-state index in [0.717, 1.165) is 11.1 Å². The van der Waals surface area contributed by atoms with E-state index in [0.29, 0.717) is 5.69 Å². The van der Waals surface area contributed by atoms with Crippen LogP contribution in [0.25, 0.3) is 0 Å². The number of anilines is 1. The Bertz CT molecular complexity index is 758.